The van der Waals surface area contributed by atoms with Gasteiger partial charge in [-0.05, 0) is 47.5 Å². The van der Waals surface area contributed by atoms with E-state index in [1.165, 1.54) is 17.7 Å². The van der Waals surface area contributed by atoms with E-state index in [9.17, 15) is 4.79 Å². The predicted molar refractivity (Wildman–Crippen MR) is 104 cm³/mol. The zero-order chi connectivity index (χ0) is 18.1. The van der Waals surface area contributed by atoms with Gasteiger partial charge in [0.1, 0.15) is 16.3 Å². The minimum absolute atomic E-state index is 0.142. The fraction of sp³-hybridized carbons (Fsp3) is 0.100. The Morgan fingerprint density at radius 1 is 0.885 bits per heavy atom. The van der Waals surface area contributed by atoms with Crippen molar-refractivity contribution in [1.29, 1.82) is 0 Å². The zero-order valence-corrected chi connectivity index (χ0v) is 15.1. The van der Waals surface area contributed by atoms with E-state index < -0.39 is 0 Å². The molecular weight excluding hydrogens is 348 g/mol. The molecule has 2 aromatic carbocycles. The number of nitrogens with zero attached hydrogens (tertiary/aromatic N) is 1. The lowest BCUT2D eigenvalue weighted by Gasteiger charge is -2.07. The fourth-order valence-corrected chi connectivity index (χ4v) is 4.09. The molecule has 5 nitrogen and oxygen atoms in total. The Morgan fingerprint density at radius 3 is 2.04 bits per heavy atom. The largest absolute Gasteiger partial charge is 0.497 e. The molecule has 4 rings (SSSR count). The second-order valence-electron chi connectivity index (χ2n) is 5.68. The van der Waals surface area contributed by atoms with E-state index in [2.05, 4.69) is 9.97 Å². The molecule has 0 amide bonds. The highest BCUT2D eigenvalue weighted by molar-refractivity contribution is 7.22. The van der Waals surface area contributed by atoms with Crippen LogP contribution in [0.5, 0.6) is 11.5 Å². The number of rotatable bonds is 4. The highest BCUT2D eigenvalue weighted by Crippen LogP contribution is 2.43. The number of fused-ring (bicyclic) bond motifs is 1. The first-order chi connectivity index (χ1) is 12.7. The molecule has 0 spiro atoms. The summed E-state index contributed by atoms with van der Waals surface area (Å²) in [5.74, 6) is 1.56. The average molecular weight is 364 g/mol. The molecule has 130 valence electrons. The number of H-pyrrole nitrogens is 1. The van der Waals surface area contributed by atoms with Gasteiger partial charge in [0.25, 0.3) is 5.56 Å². The van der Waals surface area contributed by atoms with Crippen LogP contribution in [-0.2, 0) is 0 Å². The molecule has 0 fully saturated rings. The molecule has 0 radical (unpaired) electrons. The van der Waals surface area contributed by atoms with Crippen LogP contribution in [0, 0.1) is 0 Å². The molecule has 2 aromatic heterocycles. The number of benzene rings is 2. The first-order valence-electron chi connectivity index (χ1n) is 8.00. The van der Waals surface area contributed by atoms with Crippen LogP contribution in [0.1, 0.15) is 0 Å². The van der Waals surface area contributed by atoms with Gasteiger partial charge in [0.15, 0.2) is 0 Å². The van der Waals surface area contributed by atoms with E-state index in [0.717, 1.165) is 33.1 Å². The van der Waals surface area contributed by atoms with Crippen LogP contribution in [0.4, 0.5) is 0 Å². The predicted octanol–water partition coefficient (Wildman–Crippen LogP) is 4.34. The van der Waals surface area contributed by atoms with Crippen molar-refractivity contribution < 1.29 is 9.47 Å². The van der Waals surface area contributed by atoms with Gasteiger partial charge in [-0.1, -0.05) is 12.1 Å². The molecule has 6 heteroatoms. The van der Waals surface area contributed by atoms with Gasteiger partial charge in [-0.3, -0.25) is 4.79 Å². The van der Waals surface area contributed by atoms with Crippen LogP contribution in [0.3, 0.4) is 0 Å². The lowest BCUT2D eigenvalue weighted by Crippen LogP contribution is -2.05. The number of hydrogen-bond donors (Lipinski definition) is 1. The summed E-state index contributed by atoms with van der Waals surface area (Å²) in [6.07, 6.45) is 1.44. The van der Waals surface area contributed by atoms with E-state index in [1.807, 2.05) is 48.5 Å². The van der Waals surface area contributed by atoms with E-state index in [-0.39, 0.29) is 5.56 Å². The van der Waals surface area contributed by atoms with Gasteiger partial charge in [-0.15, -0.1) is 11.3 Å². The van der Waals surface area contributed by atoms with Crippen molar-refractivity contribution in [3.63, 3.8) is 0 Å². The summed E-state index contributed by atoms with van der Waals surface area (Å²) in [5.41, 5.74) is 2.70. The average Bonchev–Trinajstić information content (AvgIpc) is 3.09. The van der Waals surface area contributed by atoms with Crippen LogP contribution in [0.15, 0.2) is 59.7 Å². The Hall–Kier alpha value is -3.12. The Kier molecular flexibility index (Phi) is 4.18. The SMILES string of the molecule is COc1ccc(-c2sc3nc[nH]c(=O)c3c2-c2ccc(OC)cc2)cc1. The van der Waals surface area contributed by atoms with Gasteiger partial charge in [-0.25, -0.2) is 4.98 Å². The van der Waals surface area contributed by atoms with Crippen molar-refractivity contribution in [3.8, 4) is 33.1 Å². The Morgan fingerprint density at radius 2 is 1.46 bits per heavy atom. The normalized spacial score (nSPS) is 10.8. The molecular formula is C20H16N2O3S. The highest BCUT2D eigenvalue weighted by Gasteiger charge is 2.19. The monoisotopic (exact) mass is 364 g/mol. The van der Waals surface area contributed by atoms with Gasteiger partial charge < -0.3 is 14.5 Å². The third-order valence-corrected chi connectivity index (χ3v) is 5.37. The van der Waals surface area contributed by atoms with Crippen molar-refractivity contribution in [2.24, 2.45) is 0 Å². The molecule has 0 atom stereocenters. The maximum absolute atomic E-state index is 12.5. The second kappa shape index (κ2) is 6.65. The summed E-state index contributed by atoms with van der Waals surface area (Å²) in [4.78, 5) is 21.3. The lowest BCUT2D eigenvalue weighted by molar-refractivity contribution is 0.414. The third-order valence-electron chi connectivity index (χ3n) is 4.23. The van der Waals surface area contributed by atoms with Crippen molar-refractivity contribution in [1.82, 2.24) is 9.97 Å². The molecule has 26 heavy (non-hydrogen) atoms. The van der Waals surface area contributed by atoms with Gasteiger partial charge in [0, 0.05) is 10.4 Å². The van der Waals surface area contributed by atoms with Crippen LogP contribution >= 0.6 is 11.3 Å². The van der Waals surface area contributed by atoms with E-state index in [0.29, 0.717) is 10.2 Å². The number of thiophene rings is 1. The standard InChI is InChI=1S/C20H16N2O3S/c1-24-14-7-3-12(4-8-14)16-17-19(23)21-11-22-20(17)26-18(16)13-5-9-15(25-2)10-6-13/h3-11H,1-2H3,(H,21,22,23). The number of ether oxygens (including phenoxy) is 2. The molecule has 1 N–H and O–H groups in total. The van der Waals surface area contributed by atoms with Gasteiger partial charge >= 0.3 is 0 Å². The van der Waals surface area contributed by atoms with Gasteiger partial charge in [0.2, 0.25) is 0 Å². The number of hydrogen-bond acceptors (Lipinski definition) is 5. The van der Waals surface area contributed by atoms with Crippen LogP contribution in [0.2, 0.25) is 0 Å². The molecule has 0 saturated carbocycles. The summed E-state index contributed by atoms with van der Waals surface area (Å²) in [6, 6.07) is 15.5. The highest BCUT2D eigenvalue weighted by atomic mass is 32.1. The van der Waals surface area contributed by atoms with E-state index >= 15 is 0 Å². The van der Waals surface area contributed by atoms with Gasteiger partial charge in [-0.2, -0.15) is 0 Å². The number of aromatic nitrogens is 2. The maximum Gasteiger partial charge on any atom is 0.260 e. The molecule has 0 unspecified atom stereocenters. The topological polar surface area (TPSA) is 64.2 Å². The Labute approximate surface area is 153 Å². The molecule has 0 saturated heterocycles. The van der Waals surface area contributed by atoms with Crippen molar-refractivity contribution >= 4 is 21.6 Å². The first-order valence-corrected chi connectivity index (χ1v) is 8.82. The molecule has 0 aliphatic carbocycles. The summed E-state index contributed by atoms with van der Waals surface area (Å²) < 4.78 is 10.5. The molecule has 0 aliphatic heterocycles. The molecule has 4 aromatic rings. The lowest BCUT2D eigenvalue weighted by atomic mass is 10.00. The molecule has 0 bridgehead atoms. The minimum Gasteiger partial charge on any atom is -0.497 e. The van der Waals surface area contributed by atoms with Crippen LogP contribution in [0.25, 0.3) is 31.8 Å². The van der Waals surface area contributed by atoms with Crippen LogP contribution < -0.4 is 15.0 Å². The minimum atomic E-state index is -0.142. The molecule has 0 aliphatic rings. The molecule has 2 heterocycles. The maximum atomic E-state index is 12.5. The Balaban J connectivity index is 1.99. The zero-order valence-electron chi connectivity index (χ0n) is 14.3. The number of nitrogens with one attached hydrogen (secondary N) is 1. The van der Waals surface area contributed by atoms with Crippen molar-refractivity contribution in [2.45, 2.75) is 0 Å². The third kappa shape index (κ3) is 2.74. The van der Waals surface area contributed by atoms with E-state index in [1.54, 1.807) is 14.2 Å². The number of aromatic amines is 1. The fourth-order valence-electron chi connectivity index (χ4n) is 2.92. The van der Waals surface area contributed by atoms with Crippen molar-refractivity contribution in [2.75, 3.05) is 14.2 Å². The second-order valence-corrected chi connectivity index (χ2v) is 6.67. The van der Waals surface area contributed by atoms with E-state index in [4.69, 9.17) is 9.47 Å². The van der Waals surface area contributed by atoms with Crippen LogP contribution in [-0.4, -0.2) is 24.2 Å². The number of methoxy groups -OCH3 is 2. The quantitative estimate of drug-likeness (QED) is 0.585. The first kappa shape index (κ1) is 16.4. The summed E-state index contributed by atoms with van der Waals surface area (Å²) in [6.45, 7) is 0. The van der Waals surface area contributed by atoms with Gasteiger partial charge in [0.05, 0.1) is 25.9 Å². The summed E-state index contributed by atoms with van der Waals surface area (Å²) in [5, 5.41) is 0.605. The Bertz CT molecular complexity index is 1110. The van der Waals surface area contributed by atoms with Crippen molar-refractivity contribution in [3.05, 3.63) is 65.2 Å². The summed E-state index contributed by atoms with van der Waals surface area (Å²) >= 11 is 1.51. The smallest absolute Gasteiger partial charge is 0.260 e. The summed E-state index contributed by atoms with van der Waals surface area (Å²) in [7, 11) is 3.27.